The van der Waals surface area contributed by atoms with E-state index in [0.29, 0.717) is 23.4 Å². The van der Waals surface area contributed by atoms with Crippen LogP contribution in [0.1, 0.15) is 31.9 Å². The summed E-state index contributed by atoms with van der Waals surface area (Å²) in [6.07, 6.45) is 0.724. The van der Waals surface area contributed by atoms with Crippen molar-refractivity contribution in [1.82, 2.24) is 10.6 Å². The number of urea groups is 1. The maximum Gasteiger partial charge on any atom is 0.338 e. The predicted octanol–water partition coefficient (Wildman–Crippen LogP) is 1.97. The Labute approximate surface area is 122 Å². The van der Waals surface area contributed by atoms with Gasteiger partial charge in [0.05, 0.1) is 18.2 Å². The highest BCUT2D eigenvalue weighted by Crippen LogP contribution is 2.28. The molecule has 0 bridgehead atoms. The van der Waals surface area contributed by atoms with Crippen molar-refractivity contribution in [3.05, 3.63) is 41.1 Å². The molecule has 1 heterocycles. The Hall–Kier alpha value is -2.50. The van der Waals surface area contributed by atoms with Crippen LogP contribution in [0.4, 0.5) is 4.79 Å². The SMILES string of the molecule is CCCOC(=O)C1=C(C)NC(=O)N[C@H]1c1ccc(O)cc1. The Balaban J connectivity index is 2.35. The van der Waals surface area contributed by atoms with E-state index in [1.165, 1.54) is 12.1 Å². The number of aromatic hydroxyl groups is 1. The number of benzene rings is 1. The molecule has 0 radical (unpaired) electrons. The van der Waals surface area contributed by atoms with Crippen molar-refractivity contribution < 1.29 is 19.4 Å². The van der Waals surface area contributed by atoms with E-state index in [1.54, 1.807) is 19.1 Å². The molecule has 2 rings (SSSR count). The highest BCUT2D eigenvalue weighted by Gasteiger charge is 2.32. The van der Waals surface area contributed by atoms with Crippen molar-refractivity contribution >= 4 is 12.0 Å². The molecule has 2 amide bonds. The van der Waals surface area contributed by atoms with Gasteiger partial charge in [-0.15, -0.1) is 0 Å². The Morgan fingerprint density at radius 2 is 2.00 bits per heavy atom. The number of allylic oxidation sites excluding steroid dienone is 1. The predicted molar refractivity (Wildman–Crippen MR) is 76.5 cm³/mol. The molecule has 0 saturated carbocycles. The number of hydrogen-bond acceptors (Lipinski definition) is 4. The quantitative estimate of drug-likeness (QED) is 0.740. The van der Waals surface area contributed by atoms with Gasteiger partial charge in [0.1, 0.15) is 5.75 Å². The summed E-state index contributed by atoms with van der Waals surface area (Å²) >= 11 is 0. The summed E-state index contributed by atoms with van der Waals surface area (Å²) in [5.41, 5.74) is 1.54. The lowest BCUT2D eigenvalue weighted by molar-refractivity contribution is -0.139. The zero-order valence-corrected chi connectivity index (χ0v) is 12.0. The van der Waals surface area contributed by atoms with E-state index in [0.717, 1.165) is 6.42 Å². The number of rotatable bonds is 4. The highest BCUT2D eigenvalue weighted by molar-refractivity contribution is 5.95. The zero-order valence-electron chi connectivity index (χ0n) is 12.0. The highest BCUT2D eigenvalue weighted by atomic mass is 16.5. The van der Waals surface area contributed by atoms with Gasteiger partial charge in [0.2, 0.25) is 0 Å². The van der Waals surface area contributed by atoms with Gasteiger partial charge in [-0.25, -0.2) is 9.59 Å². The maximum absolute atomic E-state index is 12.2. The first-order chi connectivity index (χ1) is 10.0. The number of phenols is 1. The number of hydrogen-bond donors (Lipinski definition) is 3. The van der Waals surface area contributed by atoms with Crippen LogP contribution in [-0.2, 0) is 9.53 Å². The first-order valence-electron chi connectivity index (χ1n) is 6.77. The van der Waals surface area contributed by atoms with Gasteiger partial charge in [-0.05, 0) is 31.0 Å². The smallest absolute Gasteiger partial charge is 0.338 e. The first-order valence-corrected chi connectivity index (χ1v) is 6.77. The molecular formula is C15H18N2O4. The van der Waals surface area contributed by atoms with Crippen molar-refractivity contribution in [1.29, 1.82) is 0 Å². The number of amides is 2. The van der Waals surface area contributed by atoms with Crippen molar-refractivity contribution in [3.8, 4) is 5.75 Å². The second kappa shape index (κ2) is 6.30. The van der Waals surface area contributed by atoms with E-state index in [9.17, 15) is 14.7 Å². The van der Waals surface area contributed by atoms with E-state index in [4.69, 9.17) is 4.74 Å². The van der Waals surface area contributed by atoms with Gasteiger partial charge in [0.25, 0.3) is 0 Å². The Kier molecular flexibility index (Phi) is 4.47. The van der Waals surface area contributed by atoms with Crippen molar-refractivity contribution in [3.63, 3.8) is 0 Å². The van der Waals surface area contributed by atoms with E-state index >= 15 is 0 Å². The minimum Gasteiger partial charge on any atom is -0.508 e. The van der Waals surface area contributed by atoms with Crippen LogP contribution >= 0.6 is 0 Å². The Morgan fingerprint density at radius 1 is 1.33 bits per heavy atom. The number of ether oxygens (including phenoxy) is 1. The Bertz CT molecular complexity index is 578. The average Bonchev–Trinajstić information content (AvgIpc) is 2.44. The lowest BCUT2D eigenvalue weighted by Gasteiger charge is -2.28. The molecule has 6 nitrogen and oxygen atoms in total. The van der Waals surface area contributed by atoms with E-state index in [2.05, 4.69) is 10.6 Å². The molecule has 0 saturated heterocycles. The molecule has 112 valence electrons. The molecule has 1 aliphatic heterocycles. The fourth-order valence-corrected chi connectivity index (χ4v) is 2.15. The van der Waals surface area contributed by atoms with Gasteiger partial charge < -0.3 is 20.5 Å². The van der Waals surface area contributed by atoms with Crippen LogP contribution in [0.2, 0.25) is 0 Å². The molecule has 3 N–H and O–H groups in total. The summed E-state index contributed by atoms with van der Waals surface area (Å²) in [5.74, 6) is -0.338. The van der Waals surface area contributed by atoms with Crippen LogP contribution in [0.25, 0.3) is 0 Å². The minimum absolute atomic E-state index is 0.120. The molecule has 0 fully saturated rings. The molecular weight excluding hydrogens is 272 g/mol. The first kappa shape index (κ1) is 14.9. The third-order valence-corrected chi connectivity index (χ3v) is 3.15. The number of esters is 1. The molecule has 21 heavy (non-hydrogen) atoms. The molecule has 1 aromatic carbocycles. The van der Waals surface area contributed by atoms with Gasteiger partial charge in [0, 0.05) is 5.70 Å². The van der Waals surface area contributed by atoms with E-state index < -0.39 is 12.0 Å². The van der Waals surface area contributed by atoms with Crippen molar-refractivity contribution in [2.24, 2.45) is 0 Å². The molecule has 1 atom stereocenters. The van der Waals surface area contributed by atoms with Crippen LogP contribution in [-0.4, -0.2) is 23.7 Å². The normalized spacial score (nSPS) is 18.0. The summed E-state index contributed by atoms with van der Waals surface area (Å²) in [6, 6.07) is 5.36. The monoisotopic (exact) mass is 290 g/mol. The van der Waals surface area contributed by atoms with Crippen LogP contribution < -0.4 is 10.6 Å². The largest absolute Gasteiger partial charge is 0.508 e. The third-order valence-electron chi connectivity index (χ3n) is 3.15. The molecule has 0 aromatic heterocycles. The standard InChI is InChI=1S/C15H18N2O4/c1-3-8-21-14(19)12-9(2)16-15(20)17-13(12)10-4-6-11(18)7-5-10/h4-7,13,18H,3,8H2,1-2H3,(H2,16,17,20)/t13-/m0/s1. The summed E-state index contributed by atoms with van der Waals surface area (Å²) in [6.45, 7) is 3.90. The fourth-order valence-electron chi connectivity index (χ4n) is 2.15. The summed E-state index contributed by atoms with van der Waals surface area (Å²) in [5, 5.41) is 14.6. The average molecular weight is 290 g/mol. The number of carbonyl (C=O) groups is 2. The molecule has 1 aliphatic rings. The summed E-state index contributed by atoms with van der Waals surface area (Å²) in [7, 11) is 0. The van der Waals surface area contributed by atoms with Crippen molar-refractivity contribution in [2.45, 2.75) is 26.3 Å². The van der Waals surface area contributed by atoms with Crippen LogP contribution in [0.3, 0.4) is 0 Å². The molecule has 0 spiro atoms. The van der Waals surface area contributed by atoms with Crippen molar-refractivity contribution in [2.75, 3.05) is 6.61 Å². The van der Waals surface area contributed by atoms with Gasteiger partial charge in [-0.1, -0.05) is 19.1 Å². The molecule has 0 unspecified atom stereocenters. The minimum atomic E-state index is -0.594. The summed E-state index contributed by atoms with van der Waals surface area (Å²) in [4.78, 5) is 23.9. The summed E-state index contributed by atoms with van der Waals surface area (Å²) < 4.78 is 5.17. The van der Waals surface area contributed by atoms with E-state index in [1.807, 2.05) is 6.92 Å². The maximum atomic E-state index is 12.2. The van der Waals surface area contributed by atoms with Gasteiger partial charge >= 0.3 is 12.0 Å². The lowest BCUT2D eigenvalue weighted by Crippen LogP contribution is -2.45. The lowest BCUT2D eigenvalue weighted by atomic mass is 9.95. The van der Waals surface area contributed by atoms with E-state index in [-0.39, 0.29) is 11.8 Å². The van der Waals surface area contributed by atoms with Gasteiger partial charge in [-0.2, -0.15) is 0 Å². The number of phenolic OH excluding ortho intramolecular Hbond substituents is 1. The molecule has 0 aliphatic carbocycles. The number of nitrogens with one attached hydrogen (secondary N) is 2. The zero-order chi connectivity index (χ0) is 15.4. The number of carbonyl (C=O) groups excluding carboxylic acids is 2. The second-order valence-corrected chi connectivity index (χ2v) is 4.80. The molecule has 6 heteroatoms. The van der Waals surface area contributed by atoms with Gasteiger partial charge in [-0.3, -0.25) is 0 Å². The second-order valence-electron chi connectivity index (χ2n) is 4.80. The third kappa shape index (κ3) is 3.34. The van der Waals surface area contributed by atoms with Crippen LogP contribution in [0.5, 0.6) is 5.75 Å². The van der Waals surface area contributed by atoms with Crippen LogP contribution in [0, 0.1) is 0 Å². The van der Waals surface area contributed by atoms with Crippen LogP contribution in [0.15, 0.2) is 35.5 Å². The fraction of sp³-hybridized carbons (Fsp3) is 0.333. The molecule has 1 aromatic rings. The Morgan fingerprint density at radius 3 is 2.62 bits per heavy atom. The topological polar surface area (TPSA) is 87.7 Å². The van der Waals surface area contributed by atoms with Gasteiger partial charge in [0.15, 0.2) is 0 Å².